The fourth-order valence-electron chi connectivity index (χ4n) is 3.66. The van der Waals surface area contributed by atoms with Crippen molar-refractivity contribution < 1.29 is 13.2 Å². The van der Waals surface area contributed by atoms with E-state index in [-0.39, 0.29) is 29.3 Å². The van der Waals surface area contributed by atoms with Gasteiger partial charge in [-0.3, -0.25) is 10.1 Å². The predicted molar refractivity (Wildman–Crippen MR) is 153 cm³/mol. The number of amides is 1. The van der Waals surface area contributed by atoms with E-state index in [0.29, 0.717) is 10.7 Å². The van der Waals surface area contributed by atoms with Crippen molar-refractivity contribution in [3.63, 3.8) is 0 Å². The van der Waals surface area contributed by atoms with Crippen LogP contribution in [0.15, 0.2) is 98.2 Å². The van der Waals surface area contributed by atoms with Crippen LogP contribution in [0.3, 0.4) is 0 Å². The number of nitrogens with one attached hydrogen (secondary N) is 1. The zero-order chi connectivity index (χ0) is 26.6. The topological polar surface area (TPSA) is 130 Å². The fraction of sp³-hybridized carbons (Fsp3) is 0.120. The fourth-order valence-corrected chi connectivity index (χ4v) is 5.08. The number of hydrogen-bond donors (Lipinski definition) is 2. The smallest absolute Gasteiger partial charge is 0.285 e. The van der Waals surface area contributed by atoms with Crippen molar-refractivity contribution in [2.75, 3.05) is 6.54 Å². The lowest BCUT2D eigenvalue weighted by Crippen LogP contribution is -2.37. The minimum atomic E-state index is -4.18. The predicted octanol–water partition coefficient (Wildman–Crippen LogP) is 3.94. The third-order valence-electron chi connectivity index (χ3n) is 5.32. The molecule has 0 aliphatic carbocycles. The van der Waals surface area contributed by atoms with E-state index >= 15 is 0 Å². The van der Waals surface area contributed by atoms with E-state index in [1.165, 1.54) is 24.1 Å². The number of nitrogens with zero attached hydrogens (tertiary/aromatic N) is 4. The Labute approximate surface area is 233 Å². The largest absolute Gasteiger partial charge is 0.369 e. The van der Waals surface area contributed by atoms with Crippen molar-refractivity contribution in [2.45, 2.75) is 17.7 Å². The van der Waals surface area contributed by atoms with E-state index in [1.807, 2.05) is 42.5 Å². The number of hydrogen-bond acceptors (Lipinski definition) is 4. The average Bonchev–Trinajstić information content (AvgIpc) is 3.30. The van der Waals surface area contributed by atoms with Gasteiger partial charge >= 0.3 is 0 Å². The van der Waals surface area contributed by atoms with Gasteiger partial charge in [-0.25, -0.2) is 5.01 Å². The Hall–Kier alpha value is -3.29. The van der Waals surface area contributed by atoms with Gasteiger partial charge in [0.1, 0.15) is 0 Å². The van der Waals surface area contributed by atoms with Gasteiger partial charge in [-0.05, 0) is 70.1 Å². The molecule has 9 nitrogen and oxygen atoms in total. The van der Waals surface area contributed by atoms with Gasteiger partial charge < -0.3 is 5.73 Å². The minimum absolute atomic E-state index is 0.0144. The molecule has 3 aromatic carbocycles. The molecule has 1 amide bonds. The summed E-state index contributed by atoms with van der Waals surface area (Å²) in [6.45, 7) is 1.50. The molecule has 1 atom stereocenters. The van der Waals surface area contributed by atoms with Crippen molar-refractivity contribution in [2.24, 2.45) is 20.2 Å². The number of carbonyl (C=O) groups is 1. The number of sulfonamides is 1. The lowest BCUT2D eigenvalue weighted by Gasteiger charge is -2.16. The van der Waals surface area contributed by atoms with E-state index in [2.05, 4.69) is 37.3 Å². The Bertz CT molecular complexity index is 1490. The summed E-state index contributed by atoms with van der Waals surface area (Å²) in [6, 6.07) is 23.1. The molecule has 12 heteroatoms. The highest BCUT2D eigenvalue weighted by atomic mass is 127. The first-order valence-corrected chi connectivity index (χ1v) is 13.9. The number of aliphatic imine (C=N–C) groups is 1. The van der Waals surface area contributed by atoms with E-state index in [9.17, 15) is 13.2 Å². The number of benzene rings is 3. The first-order chi connectivity index (χ1) is 17.6. The maximum atomic E-state index is 13.2. The number of carbonyl (C=O) groups excluding carboxylic acids is 1. The lowest BCUT2D eigenvalue weighted by molar-refractivity contribution is -0.117. The molecule has 1 aliphatic rings. The highest BCUT2D eigenvalue weighted by Gasteiger charge is 2.32. The van der Waals surface area contributed by atoms with E-state index < -0.39 is 15.9 Å². The van der Waals surface area contributed by atoms with Gasteiger partial charge in [-0.15, -0.1) is 4.40 Å². The van der Waals surface area contributed by atoms with Crippen LogP contribution in [0.25, 0.3) is 0 Å². The van der Waals surface area contributed by atoms with Gasteiger partial charge in [0.2, 0.25) is 11.9 Å². The van der Waals surface area contributed by atoms with E-state index in [1.54, 1.807) is 24.3 Å². The van der Waals surface area contributed by atoms with Crippen LogP contribution in [0.5, 0.6) is 0 Å². The molecule has 0 spiro atoms. The maximum absolute atomic E-state index is 13.2. The molecular weight excluding hydrogens is 627 g/mol. The first-order valence-electron chi connectivity index (χ1n) is 11.0. The molecular formula is C25H22ClIN6O3S. The minimum Gasteiger partial charge on any atom is -0.369 e. The third kappa shape index (κ3) is 6.73. The monoisotopic (exact) mass is 648 g/mol. The number of guanidine groups is 2. The second kappa shape index (κ2) is 11.4. The second-order valence-corrected chi connectivity index (χ2v) is 11.3. The van der Waals surface area contributed by atoms with Crippen LogP contribution < -0.4 is 11.1 Å². The Balaban J connectivity index is 1.83. The molecule has 1 aliphatic heterocycles. The Morgan fingerprint density at radius 1 is 1.08 bits per heavy atom. The summed E-state index contributed by atoms with van der Waals surface area (Å²) in [5.74, 6) is -1.29. The van der Waals surface area contributed by atoms with Crippen molar-refractivity contribution in [3.8, 4) is 0 Å². The molecule has 37 heavy (non-hydrogen) atoms. The Kier molecular flexibility index (Phi) is 8.25. The van der Waals surface area contributed by atoms with Crippen molar-refractivity contribution in [3.05, 3.63) is 98.6 Å². The van der Waals surface area contributed by atoms with Gasteiger partial charge in [0, 0.05) is 21.4 Å². The number of nitrogens with two attached hydrogens (primary N) is 1. The molecule has 0 radical (unpaired) electrons. The highest BCUT2D eigenvalue weighted by molar-refractivity contribution is 14.1. The Morgan fingerprint density at radius 2 is 1.73 bits per heavy atom. The van der Waals surface area contributed by atoms with Crippen LogP contribution in [0.1, 0.15) is 24.0 Å². The molecule has 0 unspecified atom stereocenters. The number of rotatable bonds is 4. The molecule has 0 aromatic heterocycles. The zero-order valence-corrected chi connectivity index (χ0v) is 23.3. The summed E-state index contributed by atoms with van der Waals surface area (Å²) in [4.78, 5) is 15.6. The molecule has 3 aromatic rings. The van der Waals surface area contributed by atoms with Crippen molar-refractivity contribution in [1.82, 2.24) is 10.3 Å². The first kappa shape index (κ1) is 26.8. The van der Waals surface area contributed by atoms with Crippen LogP contribution in [0, 0.1) is 3.57 Å². The second-order valence-electron chi connectivity index (χ2n) is 8.04. The molecule has 0 fully saturated rings. The maximum Gasteiger partial charge on any atom is 0.285 e. The number of hydrazone groups is 1. The van der Waals surface area contributed by atoms with Gasteiger partial charge in [0.05, 0.1) is 17.2 Å². The van der Waals surface area contributed by atoms with Gasteiger partial charge in [0.15, 0.2) is 0 Å². The van der Waals surface area contributed by atoms with Crippen LogP contribution in [-0.2, 0) is 14.8 Å². The lowest BCUT2D eigenvalue weighted by atomic mass is 9.91. The molecule has 0 bridgehead atoms. The van der Waals surface area contributed by atoms with Crippen LogP contribution in [0.4, 0.5) is 0 Å². The molecule has 190 valence electrons. The van der Waals surface area contributed by atoms with Crippen LogP contribution in [0.2, 0.25) is 5.02 Å². The zero-order valence-electron chi connectivity index (χ0n) is 19.5. The normalized spacial score (nSPS) is 16.5. The third-order valence-corrected chi connectivity index (χ3v) is 7.57. The standard InChI is InChI=1S/C25H22ClIN6O3S/c1-16(34)29-24(28)30-25(32-37(35,36)21-13-11-20(27)12-14-21)33-15-22(17-5-3-2-4-6-17)23(31-33)18-7-9-19(26)10-8-18/h2-14,22H,15H2,1H3,(H3,28,29,30,32,34)/t22-/m0/s1. The summed E-state index contributed by atoms with van der Waals surface area (Å²) in [5, 5.41) is 9.00. The summed E-state index contributed by atoms with van der Waals surface area (Å²) >= 11 is 8.17. The van der Waals surface area contributed by atoms with Gasteiger partial charge in [-0.1, -0.05) is 54.1 Å². The number of halogens is 2. The van der Waals surface area contributed by atoms with Crippen LogP contribution in [-0.4, -0.2) is 43.5 Å². The molecule has 1 heterocycles. The van der Waals surface area contributed by atoms with Crippen molar-refractivity contribution >= 4 is 67.8 Å². The van der Waals surface area contributed by atoms with E-state index in [4.69, 9.17) is 22.4 Å². The van der Waals surface area contributed by atoms with Gasteiger partial charge in [-0.2, -0.15) is 18.5 Å². The average molecular weight is 649 g/mol. The SMILES string of the molecule is CC(=O)N/C(N)=N/C(=N/S(=O)(=O)c1ccc(I)cc1)N1C[C@@H](c2ccccc2)C(c2ccc(Cl)cc2)=N1. The highest BCUT2D eigenvalue weighted by Crippen LogP contribution is 2.30. The van der Waals surface area contributed by atoms with Crippen molar-refractivity contribution in [1.29, 1.82) is 0 Å². The Morgan fingerprint density at radius 3 is 2.35 bits per heavy atom. The van der Waals surface area contributed by atoms with Crippen LogP contribution >= 0.6 is 34.2 Å². The summed E-state index contributed by atoms with van der Waals surface area (Å²) in [6.07, 6.45) is 0. The summed E-state index contributed by atoms with van der Waals surface area (Å²) in [7, 11) is -4.18. The van der Waals surface area contributed by atoms with Gasteiger partial charge in [0.25, 0.3) is 16.0 Å². The molecule has 3 N–H and O–H groups in total. The summed E-state index contributed by atoms with van der Waals surface area (Å²) < 4.78 is 31.2. The molecule has 0 saturated carbocycles. The molecule has 0 saturated heterocycles. The summed E-state index contributed by atoms with van der Waals surface area (Å²) in [5.41, 5.74) is 8.33. The molecule has 4 rings (SSSR count). The quantitative estimate of drug-likeness (QED) is 0.252. The van der Waals surface area contributed by atoms with E-state index in [0.717, 1.165) is 14.7 Å².